The van der Waals surface area contributed by atoms with Crippen molar-refractivity contribution in [3.63, 3.8) is 0 Å². The van der Waals surface area contributed by atoms with Crippen LogP contribution in [0.3, 0.4) is 0 Å². The molecule has 0 radical (unpaired) electrons. The van der Waals surface area contributed by atoms with Gasteiger partial charge >= 0.3 is 0 Å². The van der Waals surface area contributed by atoms with Crippen LogP contribution in [0, 0.1) is 5.82 Å². The van der Waals surface area contributed by atoms with E-state index in [1.165, 1.54) is 23.9 Å². The van der Waals surface area contributed by atoms with Gasteiger partial charge in [0.25, 0.3) is 0 Å². The van der Waals surface area contributed by atoms with Gasteiger partial charge in [0.15, 0.2) is 5.17 Å². The van der Waals surface area contributed by atoms with Crippen molar-refractivity contribution in [2.24, 2.45) is 15.9 Å². The van der Waals surface area contributed by atoms with Crippen molar-refractivity contribution in [3.8, 4) is 0 Å². The van der Waals surface area contributed by atoms with Crippen molar-refractivity contribution >= 4 is 22.6 Å². The molecule has 0 aliphatic heterocycles. The summed E-state index contributed by atoms with van der Waals surface area (Å²) in [5, 5.41) is 8.12. The monoisotopic (exact) mass is 225 g/mol. The van der Waals surface area contributed by atoms with Crippen LogP contribution in [0.5, 0.6) is 0 Å². The van der Waals surface area contributed by atoms with Gasteiger partial charge < -0.3 is 5.73 Å². The molecule has 5 heteroatoms. The van der Waals surface area contributed by atoms with Crippen LogP contribution in [-0.2, 0) is 0 Å². The van der Waals surface area contributed by atoms with E-state index in [1.807, 2.05) is 6.26 Å². The quantitative estimate of drug-likeness (QED) is 0.476. The van der Waals surface area contributed by atoms with Crippen molar-refractivity contribution in [1.82, 2.24) is 0 Å². The Balaban J connectivity index is 2.85. The summed E-state index contributed by atoms with van der Waals surface area (Å²) in [6, 6.07) is 6.07. The Morgan fingerprint density at radius 3 is 2.40 bits per heavy atom. The van der Waals surface area contributed by atoms with E-state index in [9.17, 15) is 4.39 Å². The van der Waals surface area contributed by atoms with Gasteiger partial charge in [-0.2, -0.15) is 5.10 Å². The number of halogens is 1. The van der Waals surface area contributed by atoms with Gasteiger partial charge in [0.05, 0.1) is 5.71 Å². The Labute approximate surface area is 92.3 Å². The van der Waals surface area contributed by atoms with Crippen LogP contribution in [0.1, 0.15) is 12.5 Å². The van der Waals surface area contributed by atoms with Crippen molar-refractivity contribution in [3.05, 3.63) is 35.6 Å². The molecule has 0 fully saturated rings. The minimum atomic E-state index is -0.265. The van der Waals surface area contributed by atoms with Crippen LogP contribution < -0.4 is 5.73 Å². The molecule has 1 rings (SSSR count). The molecular weight excluding hydrogens is 213 g/mol. The lowest BCUT2D eigenvalue weighted by Gasteiger charge is -1.98. The van der Waals surface area contributed by atoms with Gasteiger partial charge in [-0.1, -0.05) is 23.9 Å². The first-order chi connectivity index (χ1) is 7.13. The first-order valence-corrected chi connectivity index (χ1v) is 5.53. The molecule has 2 N–H and O–H groups in total. The average molecular weight is 225 g/mol. The summed E-state index contributed by atoms with van der Waals surface area (Å²) < 4.78 is 12.6. The largest absolute Gasteiger partial charge is 0.377 e. The third-order valence-corrected chi connectivity index (χ3v) is 2.27. The fraction of sp³-hybridized carbons (Fsp3) is 0.200. The summed E-state index contributed by atoms with van der Waals surface area (Å²) in [5.41, 5.74) is 7.00. The van der Waals surface area contributed by atoms with E-state index < -0.39 is 0 Å². The molecule has 0 saturated heterocycles. The third kappa shape index (κ3) is 3.71. The van der Waals surface area contributed by atoms with Gasteiger partial charge in [-0.15, -0.1) is 5.10 Å². The summed E-state index contributed by atoms with van der Waals surface area (Å²) in [6.45, 7) is 1.80. The molecule has 0 saturated carbocycles. The molecule has 15 heavy (non-hydrogen) atoms. The summed E-state index contributed by atoms with van der Waals surface area (Å²) in [6.07, 6.45) is 1.82. The molecule has 0 bridgehead atoms. The molecular formula is C10H12FN3S. The van der Waals surface area contributed by atoms with Crippen LogP contribution >= 0.6 is 11.8 Å². The number of hydrogen-bond acceptors (Lipinski definition) is 3. The summed E-state index contributed by atoms with van der Waals surface area (Å²) >= 11 is 1.33. The van der Waals surface area contributed by atoms with E-state index in [-0.39, 0.29) is 5.82 Å². The second-order valence-corrected chi connectivity index (χ2v) is 3.66. The maximum absolute atomic E-state index is 12.6. The second kappa shape index (κ2) is 5.50. The van der Waals surface area contributed by atoms with E-state index in [0.717, 1.165) is 5.56 Å². The van der Waals surface area contributed by atoms with Crippen LogP contribution in [-0.4, -0.2) is 17.1 Å². The first kappa shape index (κ1) is 11.7. The van der Waals surface area contributed by atoms with Crippen molar-refractivity contribution in [2.75, 3.05) is 6.26 Å². The van der Waals surface area contributed by atoms with Crippen LogP contribution in [0.4, 0.5) is 4.39 Å². The molecule has 0 atom stereocenters. The van der Waals surface area contributed by atoms with Crippen molar-refractivity contribution in [2.45, 2.75) is 6.92 Å². The smallest absolute Gasteiger partial charge is 0.180 e. The van der Waals surface area contributed by atoms with Crippen molar-refractivity contribution < 1.29 is 4.39 Å². The van der Waals surface area contributed by atoms with Crippen LogP contribution in [0.25, 0.3) is 0 Å². The summed E-state index contributed by atoms with van der Waals surface area (Å²) in [5.74, 6) is -0.265. The zero-order valence-corrected chi connectivity index (χ0v) is 9.38. The molecule has 0 spiro atoms. The maximum atomic E-state index is 12.6. The molecule has 80 valence electrons. The average Bonchev–Trinajstić information content (AvgIpc) is 2.26. The maximum Gasteiger partial charge on any atom is 0.180 e. The van der Waals surface area contributed by atoms with Gasteiger partial charge in [-0.05, 0) is 30.9 Å². The molecule has 0 aromatic heterocycles. The number of amidine groups is 1. The fourth-order valence-electron chi connectivity index (χ4n) is 0.914. The van der Waals surface area contributed by atoms with Gasteiger partial charge in [-0.25, -0.2) is 4.39 Å². The first-order valence-electron chi connectivity index (χ1n) is 4.31. The minimum Gasteiger partial charge on any atom is -0.377 e. The zero-order valence-electron chi connectivity index (χ0n) is 8.57. The third-order valence-electron chi connectivity index (χ3n) is 1.77. The number of thioether (sulfide) groups is 1. The molecule has 0 aliphatic rings. The lowest BCUT2D eigenvalue weighted by molar-refractivity contribution is 0.628. The Morgan fingerprint density at radius 2 is 1.87 bits per heavy atom. The lowest BCUT2D eigenvalue weighted by Crippen LogP contribution is -2.05. The van der Waals surface area contributed by atoms with Gasteiger partial charge in [0.2, 0.25) is 0 Å². The highest BCUT2D eigenvalue weighted by Crippen LogP contribution is 2.04. The molecule has 1 aromatic rings. The lowest BCUT2D eigenvalue weighted by atomic mass is 10.1. The highest BCUT2D eigenvalue weighted by atomic mass is 32.2. The SMILES string of the molecule is CS/C(N)=N/N=C(/C)c1ccc(F)cc1. The predicted molar refractivity (Wildman–Crippen MR) is 63.7 cm³/mol. The number of nitrogens with two attached hydrogens (primary N) is 1. The number of rotatable bonds is 2. The Morgan fingerprint density at radius 1 is 1.27 bits per heavy atom. The topological polar surface area (TPSA) is 50.7 Å². The molecule has 3 nitrogen and oxygen atoms in total. The molecule has 0 aliphatic carbocycles. The minimum absolute atomic E-state index is 0.265. The van der Waals surface area contributed by atoms with E-state index in [0.29, 0.717) is 10.9 Å². The Bertz CT molecular complexity index is 384. The van der Waals surface area contributed by atoms with Gasteiger partial charge in [0.1, 0.15) is 5.82 Å². The normalized spacial score (nSPS) is 13.0. The van der Waals surface area contributed by atoms with Gasteiger partial charge in [0, 0.05) is 0 Å². The Kier molecular flexibility index (Phi) is 4.30. The fourth-order valence-corrected chi connectivity index (χ4v) is 1.04. The predicted octanol–water partition coefficient (Wildman–Crippen LogP) is 2.23. The second-order valence-electron chi connectivity index (χ2n) is 2.83. The van der Waals surface area contributed by atoms with E-state index in [2.05, 4.69) is 10.2 Å². The number of nitrogens with zero attached hydrogens (tertiary/aromatic N) is 2. The number of hydrogen-bond donors (Lipinski definition) is 1. The molecule has 1 aromatic carbocycles. The van der Waals surface area contributed by atoms with Crippen molar-refractivity contribution in [1.29, 1.82) is 0 Å². The van der Waals surface area contributed by atoms with E-state index >= 15 is 0 Å². The van der Waals surface area contributed by atoms with Crippen LogP contribution in [0.15, 0.2) is 34.5 Å². The molecule has 0 unspecified atom stereocenters. The van der Waals surface area contributed by atoms with Gasteiger partial charge in [-0.3, -0.25) is 0 Å². The molecule has 0 amide bonds. The van der Waals surface area contributed by atoms with Crippen LogP contribution in [0.2, 0.25) is 0 Å². The highest BCUT2D eigenvalue weighted by molar-refractivity contribution is 8.13. The summed E-state index contributed by atoms with van der Waals surface area (Å²) in [7, 11) is 0. The summed E-state index contributed by atoms with van der Waals surface area (Å²) in [4.78, 5) is 0. The van der Waals surface area contributed by atoms with E-state index in [4.69, 9.17) is 5.73 Å². The highest BCUT2D eigenvalue weighted by Gasteiger charge is 1.97. The molecule has 0 heterocycles. The standard InChI is InChI=1S/C10H12FN3S/c1-7(13-14-10(12)15-2)8-3-5-9(11)6-4-8/h3-6H,1-2H3,(H2,12,14)/b13-7-. The Hall–Kier alpha value is -1.36. The number of benzene rings is 1. The van der Waals surface area contributed by atoms with E-state index in [1.54, 1.807) is 19.1 Å². The zero-order chi connectivity index (χ0) is 11.3.